The van der Waals surface area contributed by atoms with E-state index in [1.54, 1.807) is 16.8 Å². The van der Waals surface area contributed by atoms with E-state index < -0.39 is 0 Å². The second-order valence-corrected chi connectivity index (χ2v) is 8.79. The van der Waals surface area contributed by atoms with Crippen LogP contribution in [0.15, 0.2) is 42.1 Å². The molecule has 3 N–H and O–H groups in total. The molecule has 3 heterocycles. The molecule has 1 saturated heterocycles. The van der Waals surface area contributed by atoms with E-state index in [4.69, 9.17) is 4.98 Å². The number of rotatable bonds is 6. The van der Waals surface area contributed by atoms with Gasteiger partial charge in [0.25, 0.3) is 5.91 Å². The predicted octanol–water partition coefficient (Wildman–Crippen LogP) is 3.33. The minimum atomic E-state index is -0.362. The SMILES string of the molecule is O=C1C/C(=C\c2cnn3c(NCC4CC4)cc(Nc4cccc(I)c4)nc23)C(=O)N1. The predicted molar refractivity (Wildman–Crippen MR) is 122 cm³/mol. The average molecular weight is 514 g/mol. The molecule has 2 amide bonds. The summed E-state index contributed by atoms with van der Waals surface area (Å²) in [4.78, 5) is 28.2. The van der Waals surface area contributed by atoms with Crippen molar-refractivity contribution in [1.82, 2.24) is 19.9 Å². The van der Waals surface area contributed by atoms with Crippen molar-refractivity contribution < 1.29 is 9.59 Å². The highest BCUT2D eigenvalue weighted by molar-refractivity contribution is 14.1. The number of carbonyl (C=O) groups excluding carboxylic acids is 2. The average Bonchev–Trinajstić information content (AvgIpc) is 3.37. The van der Waals surface area contributed by atoms with Crippen LogP contribution >= 0.6 is 22.6 Å². The van der Waals surface area contributed by atoms with Crippen molar-refractivity contribution in [3.8, 4) is 0 Å². The summed E-state index contributed by atoms with van der Waals surface area (Å²) in [6, 6.07) is 9.97. The van der Waals surface area contributed by atoms with Crippen LogP contribution in [0.3, 0.4) is 0 Å². The maximum atomic E-state index is 12.0. The number of imide groups is 1. The third-order valence-corrected chi connectivity index (χ3v) is 5.76. The summed E-state index contributed by atoms with van der Waals surface area (Å²) in [5.41, 5.74) is 2.66. The molecule has 9 heteroatoms. The third-order valence-electron chi connectivity index (χ3n) is 5.09. The number of fused-ring (bicyclic) bond motifs is 1. The van der Waals surface area contributed by atoms with Gasteiger partial charge < -0.3 is 10.6 Å². The highest BCUT2D eigenvalue weighted by Crippen LogP contribution is 2.30. The van der Waals surface area contributed by atoms with Crippen molar-refractivity contribution in [2.24, 2.45) is 5.92 Å². The number of nitrogens with zero attached hydrogens (tertiary/aromatic N) is 3. The number of carbonyl (C=O) groups is 2. The lowest BCUT2D eigenvalue weighted by molar-refractivity contribution is -0.124. The lowest BCUT2D eigenvalue weighted by Crippen LogP contribution is -2.19. The van der Waals surface area contributed by atoms with Crippen LogP contribution in [0.4, 0.5) is 17.3 Å². The van der Waals surface area contributed by atoms with E-state index >= 15 is 0 Å². The molecule has 3 aromatic rings. The van der Waals surface area contributed by atoms with Crippen LogP contribution in [0, 0.1) is 9.49 Å². The Balaban J connectivity index is 1.55. The Morgan fingerprint density at radius 1 is 1.27 bits per heavy atom. The second kappa shape index (κ2) is 7.71. The number of halogens is 1. The number of anilines is 3. The first-order valence-corrected chi connectivity index (χ1v) is 10.8. The fourth-order valence-electron chi connectivity index (χ4n) is 3.37. The molecule has 2 aromatic heterocycles. The van der Waals surface area contributed by atoms with E-state index in [1.165, 1.54) is 12.8 Å². The first-order valence-electron chi connectivity index (χ1n) is 9.75. The fourth-order valence-corrected chi connectivity index (χ4v) is 3.91. The second-order valence-electron chi connectivity index (χ2n) is 7.55. The fraction of sp³-hybridized carbons (Fsp3) is 0.238. The number of amides is 2. The van der Waals surface area contributed by atoms with Crippen LogP contribution in [-0.4, -0.2) is 33.0 Å². The maximum Gasteiger partial charge on any atom is 0.254 e. The summed E-state index contributed by atoms with van der Waals surface area (Å²) in [5, 5.41) is 13.6. The monoisotopic (exact) mass is 514 g/mol. The van der Waals surface area contributed by atoms with Gasteiger partial charge in [-0.25, -0.2) is 4.98 Å². The van der Waals surface area contributed by atoms with Crippen molar-refractivity contribution in [3.05, 3.63) is 51.2 Å². The third kappa shape index (κ3) is 4.02. The molecule has 2 aliphatic rings. The van der Waals surface area contributed by atoms with Crippen molar-refractivity contribution >= 4 is 63.5 Å². The van der Waals surface area contributed by atoms with Gasteiger partial charge in [-0.05, 0) is 65.6 Å². The van der Waals surface area contributed by atoms with E-state index in [0.717, 1.165) is 21.6 Å². The van der Waals surface area contributed by atoms with Gasteiger partial charge in [0.15, 0.2) is 5.65 Å². The maximum absolute atomic E-state index is 12.0. The molecule has 0 radical (unpaired) electrons. The van der Waals surface area contributed by atoms with Crippen LogP contribution < -0.4 is 16.0 Å². The molecule has 2 fully saturated rings. The van der Waals surface area contributed by atoms with Gasteiger partial charge in [0, 0.05) is 33.0 Å². The van der Waals surface area contributed by atoms with Gasteiger partial charge in [-0.15, -0.1) is 0 Å². The minimum Gasteiger partial charge on any atom is -0.370 e. The van der Waals surface area contributed by atoms with Gasteiger partial charge in [0.2, 0.25) is 5.91 Å². The molecule has 0 atom stereocenters. The summed E-state index contributed by atoms with van der Waals surface area (Å²) >= 11 is 2.27. The van der Waals surface area contributed by atoms with Crippen LogP contribution in [-0.2, 0) is 9.59 Å². The lowest BCUT2D eigenvalue weighted by atomic mass is 10.1. The summed E-state index contributed by atoms with van der Waals surface area (Å²) < 4.78 is 2.86. The zero-order chi connectivity index (χ0) is 20.7. The molecule has 1 aliphatic heterocycles. The summed E-state index contributed by atoms with van der Waals surface area (Å²) in [6.45, 7) is 0.884. The summed E-state index contributed by atoms with van der Waals surface area (Å²) in [7, 11) is 0. The summed E-state index contributed by atoms with van der Waals surface area (Å²) in [6.07, 6.45) is 5.92. The first kappa shape index (κ1) is 19.0. The Hall–Kier alpha value is -2.95. The Morgan fingerprint density at radius 2 is 2.13 bits per heavy atom. The molecule has 0 unspecified atom stereocenters. The zero-order valence-corrected chi connectivity index (χ0v) is 18.1. The van der Waals surface area contributed by atoms with Gasteiger partial charge in [0.1, 0.15) is 11.6 Å². The lowest BCUT2D eigenvalue weighted by Gasteiger charge is -2.12. The molecule has 1 aromatic carbocycles. The molecule has 1 saturated carbocycles. The largest absolute Gasteiger partial charge is 0.370 e. The highest BCUT2D eigenvalue weighted by Gasteiger charge is 2.25. The van der Waals surface area contributed by atoms with Gasteiger partial charge in [0.05, 0.1) is 12.6 Å². The Labute approximate surface area is 186 Å². The van der Waals surface area contributed by atoms with Gasteiger partial charge >= 0.3 is 0 Å². The molecular weight excluding hydrogens is 495 g/mol. The minimum absolute atomic E-state index is 0.0728. The quantitative estimate of drug-likeness (QED) is 0.265. The Bertz CT molecular complexity index is 1200. The molecule has 0 spiro atoms. The topological polar surface area (TPSA) is 100 Å². The number of aromatic nitrogens is 3. The number of hydrogen-bond acceptors (Lipinski definition) is 6. The van der Waals surface area contributed by atoms with Crippen LogP contribution in [0.5, 0.6) is 0 Å². The van der Waals surface area contributed by atoms with E-state index in [0.29, 0.717) is 28.5 Å². The number of nitrogens with one attached hydrogen (secondary N) is 3. The van der Waals surface area contributed by atoms with Gasteiger partial charge in [-0.2, -0.15) is 9.61 Å². The smallest absolute Gasteiger partial charge is 0.254 e. The van der Waals surface area contributed by atoms with Crippen LogP contribution in [0.2, 0.25) is 0 Å². The van der Waals surface area contributed by atoms with E-state index in [9.17, 15) is 9.59 Å². The van der Waals surface area contributed by atoms with Crippen molar-refractivity contribution in [1.29, 1.82) is 0 Å². The van der Waals surface area contributed by atoms with Gasteiger partial charge in [-0.1, -0.05) is 6.07 Å². The molecule has 8 nitrogen and oxygen atoms in total. The Morgan fingerprint density at radius 3 is 2.87 bits per heavy atom. The molecule has 5 rings (SSSR count). The van der Waals surface area contributed by atoms with Crippen LogP contribution in [0.1, 0.15) is 24.8 Å². The molecular formula is C21H19IN6O2. The molecule has 1 aliphatic carbocycles. The Kier molecular flexibility index (Phi) is 4.89. The first-order chi connectivity index (χ1) is 14.5. The molecule has 30 heavy (non-hydrogen) atoms. The zero-order valence-electron chi connectivity index (χ0n) is 16.0. The number of hydrogen-bond donors (Lipinski definition) is 3. The molecule has 152 valence electrons. The van der Waals surface area contributed by atoms with E-state index in [2.05, 4.69) is 43.6 Å². The summed E-state index contributed by atoms with van der Waals surface area (Å²) in [5.74, 6) is 1.56. The normalized spacial score (nSPS) is 17.6. The van der Waals surface area contributed by atoms with Crippen molar-refractivity contribution in [2.45, 2.75) is 19.3 Å². The standard InChI is InChI=1S/C21H19IN6O2/c22-15-2-1-3-16(8-15)25-17-9-18(23-10-12-4-5-12)28-20(26-17)14(11-24-28)6-13-7-19(29)27-21(13)30/h1-3,6,8-9,11-12,23H,4-5,7,10H2,(H,25,26)(H,27,29,30)/b13-6+. The van der Waals surface area contributed by atoms with E-state index in [-0.39, 0.29) is 18.2 Å². The van der Waals surface area contributed by atoms with Crippen LogP contribution in [0.25, 0.3) is 11.7 Å². The van der Waals surface area contributed by atoms with Crippen molar-refractivity contribution in [3.63, 3.8) is 0 Å². The number of benzene rings is 1. The molecule has 0 bridgehead atoms. The van der Waals surface area contributed by atoms with E-state index in [1.807, 2.05) is 30.3 Å². The van der Waals surface area contributed by atoms with Gasteiger partial charge in [-0.3, -0.25) is 14.9 Å². The highest BCUT2D eigenvalue weighted by atomic mass is 127. The van der Waals surface area contributed by atoms with Crippen molar-refractivity contribution in [2.75, 3.05) is 17.2 Å².